The Morgan fingerprint density at radius 2 is 1.40 bits per heavy atom. The maximum absolute atomic E-state index is 14.7. The van der Waals surface area contributed by atoms with E-state index >= 15 is 0 Å². The molecule has 3 unspecified atom stereocenters. The second-order valence-corrected chi connectivity index (χ2v) is 12.5. The highest BCUT2D eigenvalue weighted by Crippen LogP contribution is 2.50. The van der Waals surface area contributed by atoms with Crippen molar-refractivity contribution in [1.82, 2.24) is 0 Å². The van der Waals surface area contributed by atoms with Crippen LogP contribution in [0.5, 0.6) is 17.2 Å². The van der Waals surface area contributed by atoms with E-state index in [-0.39, 0.29) is 31.6 Å². The lowest BCUT2D eigenvalue weighted by Gasteiger charge is -2.31. The van der Waals surface area contributed by atoms with Gasteiger partial charge in [0.1, 0.15) is 41.5 Å². The van der Waals surface area contributed by atoms with Crippen molar-refractivity contribution in [3.05, 3.63) is 143 Å². The standard InChI is InChI=1S/C45H39NO4/c1-6-28-46-42-13-11-10-12-41(42)45(43(46)47,37-18-20-39(21-19-37)50-40-24-22-38(23-25-40)48-29-7-2)36-16-14-34(15-17-36)31-35-26-27-44(32-35,33(5)9-4)49-30-8-3/h1-3,10-27,32-33H,9,28-31H2,4-5H3. The molecule has 0 N–H and O–H groups in total. The third-order valence-corrected chi connectivity index (χ3v) is 9.64. The second-order valence-electron chi connectivity index (χ2n) is 12.5. The SMILES string of the molecule is C#CCOc1ccc(Oc2ccc(C3(c4ccc(CC5=CC(OCC#C)(C(C)CC)C=C5)cc4)C(=O)N(CC#C)c4ccccc43)cc2)cc1. The molecule has 5 nitrogen and oxygen atoms in total. The fourth-order valence-electron chi connectivity index (χ4n) is 6.93. The number of fused-ring (bicyclic) bond motifs is 1. The predicted molar refractivity (Wildman–Crippen MR) is 199 cm³/mol. The van der Waals surface area contributed by atoms with Crippen LogP contribution in [0.25, 0.3) is 0 Å². The van der Waals surface area contributed by atoms with Gasteiger partial charge in [-0.3, -0.25) is 9.69 Å². The van der Waals surface area contributed by atoms with Gasteiger partial charge < -0.3 is 14.2 Å². The monoisotopic (exact) mass is 657 g/mol. The molecular weight excluding hydrogens is 618 g/mol. The summed E-state index contributed by atoms with van der Waals surface area (Å²) in [6, 6.07) is 31.2. The summed E-state index contributed by atoms with van der Waals surface area (Å²) >= 11 is 0. The van der Waals surface area contributed by atoms with Crippen LogP contribution in [-0.4, -0.2) is 31.3 Å². The van der Waals surface area contributed by atoms with Gasteiger partial charge in [0.05, 0.1) is 6.54 Å². The number of nitrogens with zero attached hydrogens (tertiary/aromatic N) is 1. The maximum Gasteiger partial charge on any atom is 0.247 e. The van der Waals surface area contributed by atoms with Crippen LogP contribution >= 0.6 is 0 Å². The number of hydrogen-bond donors (Lipinski definition) is 0. The predicted octanol–water partition coefficient (Wildman–Crippen LogP) is 8.28. The normalized spacial score (nSPS) is 19.5. The summed E-state index contributed by atoms with van der Waals surface area (Å²) < 4.78 is 17.8. The van der Waals surface area contributed by atoms with E-state index in [9.17, 15) is 4.79 Å². The smallest absolute Gasteiger partial charge is 0.247 e. The Bertz CT molecular complexity index is 2040. The Morgan fingerprint density at radius 3 is 2.04 bits per heavy atom. The molecule has 0 spiro atoms. The highest BCUT2D eigenvalue weighted by Gasteiger charge is 2.53. The summed E-state index contributed by atoms with van der Waals surface area (Å²) in [7, 11) is 0. The zero-order chi connectivity index (χ0) is 35.1. The Morgan fingerprint density at radius 1 is 0.780 bits per heavy atom. The fourth-order valence-corrected chi connectivity index (χ4v) is 6.93. The molecule has 6 rings (SSSR count). The van der Waals surface area contributed by atoms with Crippen LogP contribution in [0, 0.1) is 42.9 Å². The fraction of sp³-hybridized carbons (Fsp3) is 0.222. The number of carbonyl (C=O) groups is 1. The van der Waals surface area contributed by atoms with E-state index < -0.39 is 11.0 Å². The molecule has 3 atom stereocenters. The third kappa shape index (κ3) is 6.31. The zero-order valence-electron chi connectivity index (χ0n) is 28.4. The Kier molecular flexibility index (Phi) is 9.97. The number of rotatable bonds is 13. The first-order chi connectivity index (χ1) is 24.4. The minimum atomic E-state index is -1.11. The third-order valence-electron chi connectivity index (χ3n) is 9.64. The molecule has 0 saturated heterocycles. The number of benzene rings is 4. The number of ether oxygens (including phenoxy) is 3. The molecule has 4 aromatic carbocycles. The van der Waals surface area contributed by atoms with E-state index in [2.05, 4.69) is 74.1 Å². The number of amides is 1. The Balaban J connectivity index is 1.34. The van der Waals surface area contributed by atoms with Gasteiger partial charge in [-0.2, -0.15) is 0 Å². The average Bonchev–Trinajstić information content (AvgIpc) is 3.68. The Labute approximate surface area is 295 Å². The highest BCUT2D eigenvalue weighted by atomic mass is 16.5. The molecule has 5 heteroatoms. The number of carbonyl (C=O) groups excluding carboxylic acids is 1. The van der Waals surface area contributed by atoms with E-state index in [1.807, 2.05) is 72.8 Å². The molecular formula is C45H39NO4. The van der Waals surface area contributed by atoms with Crippen LogP contribution in [0.4, 0.5) is 5.69 Å². The number of hydrogen-bond acceptors (Lipinski definition) is 4. The van der Waals surface area contributed by atoms with Crippen LogP contribution in [-0.2, 0) is 21.4 Å². The van der Waals surface area contributed by atoms with Crippen LogP contribution < -0.4 is 14.4 Å². The lowest BCUT2D eigenvalue weighted by molar-refractivity contribution is -0.120. The van der Waals surface area contributed by atoms with Gasteiger partial charge in [0, 0.05) is 11.3 Å². The highest BCUT2D eigenvalue weighted by molar-refractivity contribution is 6.13. The molecule has 1 amide bonds. The molecule has 0 bridgehead atoms. The first-order valence-electron chi connectivity index (χ1n) is 16.8. The summed E-state index contributed by atoms with van der Waals surface area (Å²) in [5.41, 5.74) is 4.04. The van der Waals surface area contributed by atoms with E-state index in [1.54, 1.807) is 4.90 Å². The molecule has 1 heterocycles. The topological polar surface area (TPSA) is 48.0 Å². The van der Waals surface area contributed by atoms with Gasteiger partial charge in [-0.25, -0.2) is 0 Å². The van der Waals surface area contributed by atoms with Gasteiger partial charge in [-0.05, 0) is 89.2 Å². The molecule has 0 saturated carbocycles. The van der Waals surface area contributed by atoms with E-state index in [0.29, 0.717) is 17.2 Å². The van der Waals surface area contributed by atoms with Crippen molar-refractivity contribution >= 4 is 11.6 Å². The molecule has 0 radical (unpaired) electrons. The molecule has 1 aliphatic heterocycles. The van der Waals surface area contributed by atoms with Crippen LogP contribution in [0.15, 0.2) is 121 Å². The van der Waals surface area contributed by atoms with Gasteiger partial charge in [0.25, 0.3) is 0 Å². The first kappa shape index (κ1) is 34.0. The summed E-state index contributed by atoms with van der Waals surface area (Å²) in [4.78, 5) is 16.4. The summed E-state index contributed by atoms with van der Waals surface area (Å²) in [6.45, 7) is 4.96. The molecule has 2 aliphatic rings. The van der Waals surface area contributed by atoms with Crippen LogP contribution in [0.2, 0.25) is 0 Å². The lowest BCUT2D eigenvalue weighted by Crippen LogP contribution is -2.42. The summed E-state index contributed by atoms with van der Waals surface area (Å²) in [6.07, 6.45) is 24.8. The average molecular weight is 658 g/mol. The minimum Gasteiger partial charge on any atom is -0.481 e. The second kappa shape index (κ2) is 14.7. The lowest BCUT2D eigenvalue weighted by atomic mass is 9.70. The van der Waals surface area contributed by atoms with Gasteiger partial charge >= 0.3 is 0 Å². The van der Waals surface area contributed by atoms with Crippen molar-refractivity contribution < 1.29 is 19.0 Å². The largest absolute Gasteiger partial charge is 0.481 e. The maximum atomic E-state index is 14.7. The molecule has 0 fully saturated rings. The number of terminal acetylenes is 3. The molecule has 1 aliphatic carbocycles. The quantitative estimate of drug-likeness (QED) is 0.136. The van der Waals surface area contributed by atoms with E-state index in [1.165, 1.54) is 0 Å². The van der Waals surface area contributed by atoms with Crippen molar-refractivity contribution in [3.63, 3.8) is 0 Å². The van der Waals surface area contributed by atoms with Crippen molar-refractivity contribution in [2.24, 2.45) is 5.92 Å². The number of anilines is 1. The number of allylic oxidation sites excluding steroid dienone is 2. The van der Waals surface area contributed by atoms with Crippen molar-refractivity contribution in [2.45, 2.75) is 37.7 Å². The molecule has 4 aromatic rings. The Hall–Kier alpha value is -5.93. The molecule has 248 valence electrons. The molecule has 0 aromatic heterocycles. The van der Waals surface area contributed by atoms with E-state index in [4.69, 9.17) is 33.5 Å². The van der Waals surface area contributed by atoms with Gasteiger partial charge in [-0.1, -0.05) is 98.7 Å². The van der Waals surface area contributed by atoms with Gasteiger partial charge in [-0.15, -0.1) is 19.3 Å². The summed E-state index contributed by atoms with van der Waals surface area (Å²) in [5.74, 6) is 9.89. The van der Waals surface area contributed by atoms with Gasteiger partial charge in [0.15, 0.2) is 0 Å². The van der Waals surface area contributed by atoms with Crippen LogP contribution in [0.1, 0.15) is 42.5 Å². The minimum absolute atomic E-state index is 0.0916. The summed E-state index contributed by atoms with van der Waals surface area (Å²) in [5, 5.41) is 0. The van der Waals surface area contributed by atoms with Crippen molar-refractivity contribution in [2.75, 3.05) is 24.7 Å². The van der Waals surface area contributed by atoms with Crippen molar-refractivity contribution in [3.8, 4) is 54.3 Å². The number of para-hydroxylation sites is 1. The first-order valence-corrected chi connectivity index (χ1v) is 16.8. The van der Waals surface area contributed by atoms with E-state index in [0.717, 1.165) is 46.4 Å². The zero-order valence-corrected chi connectivity index (χ0v) is 28.4. The van der Waals surface area contributed by atoms with Crippen molar-refractivity contribution in [1.29, 1.82) is 0 Å². The van der Waals surface area contributed by atoms with Crippen LogP contribution in [0.3, 0.4) is 0 Å². The molecule has 50 heavy (non-hydrogen) atoms. The van der Waals surface area contributed by atoms with Gasteiger partial charge in [0.2, 0.25) is 5.91 Å².